The number of carbonyl (C=O) groups is 2. The highest BCUT2D eigenvalue weighted by Crippen LogP contribution is 2.22. The fraction of sp³-hybridized carbons (Fsp3) is 0.0952. The van der Waals surface area contributed by atoms with Gasteiger partial charge in [0.05, 0.1) is 10.7 Å². The van der Waals surface area contributed by atoms with Crippen molar-refractivity contribution in [3.63, 3.8) is 0 Å². The van der Waals surface area contributed by atoms with E-state index in [9.17, 15) is 9.59 Å². The van der Waals surface area contributed by atoms with Gasteiger partial charge in [-0.1, -0.05) is 48.0 Å². The minimum atomic E-state index is -0.192. The molecule has 0 aliphatic rings. The Hall–Kier alpha value is -2.98. The average molecular weight is 366 g/mol. The smallest absolute Gasteiger partial charge is 0.290 e. The summed E-state index contributed by atoms with van der Waals surface area (Å²) in [5.74, 6) is -0.239. The van der Waals surface area contributed by atoms with Gasteiger partial charge in [-0.3, -0.25) is 9.59 Å². The minimum absolute atomic E-state index is 0.0476. The monoisotopic (exact) mass is 365 g/mol. The van der Waals surface area contributed by atoms with E-state index in [4.69, 9.17) is 11.6 Å². The fourth-order valence-electron chi connectivity index (χ4n) is 2.55. The molecule has 0 bridgehead atoms. The molecule has 4 nitrogen and oxygen atoms in total. The summed E-state index contributed by atoms with van der Waals surface area (Å²) in [5.41, 5.74) is 2.83. The summed E-state index contributed by atoms with van der Waals surface area (Å²) < 4.78 is 1.71. The van der Waals surface area contributed by atoms with Crippen LogP contribution in [0.25, 0.3) is 0 Å². The van der Waals surface area contributed by atoms with Crippen molar-refractivity contribution in [1.82, 2.24) is 0 Å². The number of aryl methyl sites for hydroxylation is 1. The molecule has 0 aliphatic heterocycles. The predicted molar refractivity (Wildman–Crippen MR) is 101 cm³/mol. The van der Waals surface area contributed by atoms with Crippen LogP contribution in [-0.4, -0.2) is 11.7 Å². The number of anilines is 1. The van der Waals surface area contributed by atoms with E-state index in [0.29, 0.717) is 21.8 Å². The summed E-state index contributed by atoms with van der Waals surface area (Å²) in [5, 5.41) is 3.30. The highest BCUT2D eigenvalue weighted by molar-refractivity contribution is 6.33. The van der Waals surface area contributed by atoms with Gasteiger partial charge in [-0.2, -0.15) is 4.57 Å². The molecule has 1 N–H and O–H groups in total. The first kappa shape index (κ1) is 17.8. The van der Waals surface area contributed by atoms with Crippen LogP contribution in [0.5, 0.6) is 0 Å². The first-order valence-corrected chi connectivity index (χ1v) is 8.55. The maximum Gasteiger partial charge on any atom is 0.290 e. The Morgan fingerprint density at radius 1 is 0.962 bits per heavy atom. The highest BCUT2D eigenvalue weighted by Gasteiger charge is 2.14. The van der Waals surface area contributed by atoms with Gasteiger partial charge in [0, 0.05) is 23.3 Å². The molecule has 3 aromatic rings. The van der Waals surface area contributed by atoms with Gasteiger partial charge in [0.1, 0.15) is 0 Å². The third-order valence-electron chi connectivity index (χ3n) is 3.91. The molecule has 0 spiro atoms. The van der Waals surface area contributed by atoms with E-state index >= 15 is 0 Å². The van der Waals surface area contributed by atoms with Crippen LogP contribution in [0, 0.1) is 6.92 Å². The van der Waals surface area contributed by atoms with Gasteiger partial charge in [0.2, 0.25) is 6.54 Å². The van der Waals surface area contributed by atoms with E-state index in [1.807, 2.05) is 31.2 Å². The van der Waals surface area contributed by atoms with Crippen LogP contribution in [-0.2, 0) is 11.3 Å². The number of hydrogen-bond acceptors (Lipinski definition) is 2. The topological polar surface area (TPSA) is 50.1 Å². The molecule has 1 aromatic heterocycles. The standard InChI is InChI=1S/C21H17ClN2O2/c1-15-7-8-19(18(22)13-15)23-20(25)14-24-11-9-17(10-12-24)21(26)16-5-3-2-4-6-16/h2-13H,14H2,1H3/p+1. The molecule has 1 heterocycles. The third-order valence-corrected chi connectivity index (χ3v) is 4.23. The Bertz CT molecular complexity index is 938. The predicted octanol–water partition coefficient (Wildman–Crippen LogP) is 3.81. The molecule has 130 valence electrons. The number of nitrogens with one attached hydrogen (secondary N) is 1. The third kappa shape index (κ3) is 4.35. The van der Waals surface area contributed by atoms with Crippen molar-refractivity contribution in [3.8, 4) is 0 Å². The van der Waals surface area contributed by atoms with Crippen LogP contribution in [0.1, 0.15) is 21.5 Å². The Kier molecular flexibility index (Phi) is 5.44. The molecule has 0 aliphatic carbocycles. The van der Waals surface area contributed by atoms with Crippen molar-refractivity contribution in [3.05, 3.63) is 94.8 Å². The molecule has 0 fully saturated rings. The first-order valence-electron chi connectivity index (χ1n) is 8.18. The number of pyridine rings is 1. The van der Waals surface area contributed by atoms with Gasteiger partial charge in [-0.25, -0.2) is 0 Å². The summed E-state index contributed by atoms with van der Waals surface area (Å²) in [4.78, 5) is 24.6. The molecule has 0 atom stereocenters. The van der Waals surface area contributed by atoms with Crippen LogP contribution >= 0.6 is 11.6 Å². The summed E-state index contributed by atoms with van der Waals surface area (Å²) in [6.07, 6.45) is 3.43. The van der Waals surface area contributed by atoms with Gasteiger partial charge in [0.15, 0.2) is 18.2 Å². The average Bonchev–Trinajstić information content (AvgIpc) is 2.65. The Balaban J connectivity index is 1.65. The van der Waals surface area contributed by atoms with Gasteiger partial charge in [-0.15, -0.1) is 0 Å². The normalized spacial score (nSPS) is 10.4. The lowest BCUT2D eigenvalue weighted by atomic mass is 10.0. The van der Waals surface area contributed by atoms with Crippen molar-refractivity contribution in [2.24, 2.45) is 0 Å². The zero-order valence-electron chi connectivity index (χ0n) is 14.3. The van der Waals surface area contributed by atoms with Crippen LogP contribution < -0.4 is 9.88 Å². The van der Waals surface area contributed by atoms with Crippen LogP contribution in [0.2, 0.25) is 5.02 Å². The Labute approximate surface area is 157 Å². The lowest BCUT2D eigenvalue weighted by Crippen LogP contribution is -2.39. The number of ketones is 1. The molecular weight excluding hydrogens is 348 g/mol. The van der Waals surface area contributed by atoms with E-state index in [2.05, 4.69) is 5.32 Å². The minimum Gasteiger partial charge on any atom is -0.319 e. The fourth-order valence-corrected chi connectivity index (χ4v) is 2.83. The lowest BCUT2D eigenvalue weighted by molar-refractivity contribution is -0.684. The molecule has 0 radical (unpaired) electrons. The van der Waals surface area contributed by atoms with Crippen LogP contribution in [0.15, 0.2) is 73.1 Å². The zero-order valence-corrected chi connectivity index (χ0v) is 15.0. The highest BCUT2D eigenvalue weighted by atomic mass is 35.5. The molecule has 5 heteroatoms. The van der Waals surface area contributed by atoms with Gasteiger partial charge in [-0.05, 0) is 24.6 Å². The number of halogens is 1. The van der Waals surface area contributed by atoms with Gasteiger partial charge in [0.25, 0.3) is 5.91 Å². The van der Waals surface area contributed by atoms with E-state index < -0.39 is 0 Å². The van der Waals surface area contributed by atoms with Crippen LogP contribution in [0.4, 0.5) is 5.69 Å². The van der Waals surface area contributed by atoms with Crippen LogP contribution in [0.3, 0.4) is 0 Å². The molecule has 1 amide bonds. The number of nitrogens with zero attached hydrogens (tertiary/aromatic N) is 1. The van der Waals surface area contributed by atoms with E-state index in [1.54, 1.807) is 53.4 Å². The SMILES string of the molecule is Cc1ccc(NC(=O)C[n+]2ccc(C(=O)c3ccccc3)cc2)c(Cl)c1. The second-order valence-corrected chi connectivity index (χ2v) is 6.39. The molecule has 3 rings (SSSR count). The molecule has 26 heavy (non-hydrogen) atoms. The van der Waals surface area contributed by atoms with Gasteiger partial charge < -0.3 is 5.32 Å². The quantitative estimate of drug-likeness (QED) is 0.552. The van der Waals surface area contributed by atoms with E-state index in [1.165, 1.54) is 0 Å². The second kappa shape index (κ2) is 7.93. The summed E-state index contributed by atoms with van der Waals surface area (Å²) in [7, 11) is 0. The molecule has 0 saturated carbocycles. The number of carbonyl (C=O) groups excluding carboxylic acids is 2. The van der Waals surface area contributed by atoms with E-state index in [-0.39, 0.29) is 18.2 Å². The number of hydrogen-bond donors (Lipinski definition) is 1. The Morgan fingerprint density at radius 2 is 1.62 bits per heavy atom. The summed E-state index contributed by atoms with van der Waals surface area (Å²) >= 11 is 6.13. The van der Waals surface area contributed by atoms with Crippen molar-refractivity contribution >= 4 is 29.0 Å². The maximum atomic E-state index is 12.4. The second-order valence-electron chi connectivity index (χ2n) is 5.99. The van der Waals surface area contributed by atoms with Crippen molar-refractivity contribution in [2.75, 3.05) is 5.32 Å². The summed E-state index contributed by atoms with van der Waals surface area (Å²) in [6, 6.07) is 18.0. The zero-order chi connectivity index (χ0) is 18.5. The molecule has 0 saturated heterocycles. The van der Waals surface area contributed by atoms with Crippen molar-refractivity contribution < 1.29 is 14.2 Å². The largest absolute Gasteiger partial charge is 0.319 e. The number of benzene rings is 2. The number of aromatic nitrogens is 1. The van der Waals surface area contributed by atoms with Gasteiger partial charge >= 0.3 is 0 Å². The molecular formula is C21H18ClN2O2+. The molecule has 2 aromatic carbocycles. The first-order chi connectivity index (χ1) is 12.5. The maximum absolute atomic E-state index is 12.4. The van der Waals surface area contributed by atoms with Crippen molar-refractivity contribution in [2.45, 2.75) is 13.5 Å². The lowest BCUT2D eigenvalue weighted by Gasteiger charge is -2.06. The molecule has 0 unspecified atom stereocenters. The number of rotatable bonds is 5. The van der Waals surface area contributed by atoms with Crippen molar-refractivity contribution in [1.29, 1.82) is 0 Å². The van der Waals surface area contributed by atoms with E-state index in [0.717, 1.165) is 5.56 Å². The Morgan fingerprint density at radius 3 is 2.27 bits per heavy atom. The number of amides is 1. The summed E-state index contributed by atoms with van der Waals surface area (Å²) in [6.45, 7) is 2.07.